The molecule has 1 aliphatic carbocycles. The van der Waals surface area contributed by atoms with Crippen molar-refractivity contribution in [2.24, 2.45) is 5.73 Å². The van der Waals surface area contributed by atoms with Crippen LogP contribution in [-0.4, -0.2) is 20.6 Å². The first-order chi connectivity index (χ1) is 10.6. The van der Waals surface area contributed by atoms with E-state index in [9.17, 15) is 14.9 Å². The minimum absolute atomic E-state index is 0.176. The molecule has 0 bridgehead atoms. The van der Waals surface area contributed by atoms with Crippen LogP contribution in [0.3, 0.4) is 0 Å². The van der Waals surface area contributed by atoms with Crippen LogP contribution in [0.25, 0.3) is 11.5 Å². The van der Waals surface area contributed by atoms with Crippen molar-refractivity contribution in [1.82, 2.24) is 9.78 Å². The first-order valence-electron chi connectivity index (χ1n) is 7.20. The highest BCUT2D eigenvalue weighted by Crippen LogP contribution is 2.32. The van der Waals surface area contributed by atoms with Gasteiger partial charge in [0.25, 0.3) is 5.91 Å². The lowest BCUT2D eigenvalue weighted by Crippen LogP contribution is -2.14. The number of carbonyl (C=O) groups excluding carboxylic acids is 1. The number of furan rings is 1. The second kappa shape index (κ2) is 5.63. The molecule has 0 saturated heterocycles. The van der Waals surface area contributed by atoms with Crippen LogP contribution < -0.4 is 5.73 Å². The van der Waals surface area contributed by atoms with E-state index in [1.807, 2.05) is 0 Å². The Hall–Kier alpha value is -2.64. The molecule has 0 aromatic carbocycles. The molecule has 0 atom stereocenters. The third-order valence-electron chi connectivity index (χ3n) is 3.95. The molecule has 8 nitrogen and oxygen atoms in total. The third kappa shape index (κ3) is 2.59. The van der Waals surface area contributed by atoms with E-state index in [4.69, 9.17) is 10.2 Å². The summed E-state index contributed by atoms with van der Waals surface area (Å²) >= 11 is 0. The number of aromatic nitrogens is 2. The van der Waals surface area contributed by atoms with E-state index in [-0.39, 0.29) is 23.1 Å². The minimum Gasteiger partial charge on any atom is -0.399 e. The summed E-state index contributed by atoms with van der Waals surface area (Å²) in [5, 5.41) is 15.1. The maximum atomic E-state index is 11.6. The van der Waals surface area contributed by atoms with Crippen LogP contribution in [0, 0.1) is 10.1 Å². The van der Waals surface area contributed by atoms with Gasteiger partial charge in [-0.05, 0) is 18.9 Å². The zero-order valence-electron chi connectivity index (χ0n) is 11.9. The van der Waals surface area contributed by atoms with Crippen LogP contribution in [0.5, 0.6) is 0 Å². The molecular formula is C14H16N4O4. The van der Waals surface area contributed by atoms with Crippen molar-refractivity contribution in [1.29, 1.82) is 0 Å². The van der Waals surface area contributed by atoms with E-state index >= 15 is 0 Å². The Bertz CT molecular complexity index is 712. The van der Waals surface area contributed by atoms with Crippen molar-refractivity contribution in [2.75, 3.05) is 0 Å². The van der Waals surface area contributed by atoms with Gasteiger partial charge in [0.15, 0.2) is 5.76 Å². The molecule has 2 aromatic rings. The molecule has 2 N–H and O–H groups in total. The maximum absolute atomic E-state index is 11.6. The number of amides is 1. The number of primary amides is 1. The SMILES string of the molecule is NC(=O)c1cn(C2CCCCC2)nc1-c1ccc([N+](=O)[O-])o1. The average Bonchev–Trinajstić information content (AvgIpc) is 3.15. The summed E-state index contributed by atoms with van der Waals surface area (Å²) < 4.78 is 6.88. The summed E-state index contributed by atoms with van der Waals surface area (Å²) in [5.41, 5.74) is 5.87. The zero-order valence-corrected chi connectivity index (χ0v) is 11.9. The van der Waals surface area contributed by atoms with Crippen LogP contribution >= 0.6 is 0 Å². The highest BCUT2D eigenvalue weighted by Gasteiger charge is 2.24. The van der Waals surface area contributed by atoms with Gasteiger partial charge in [-0.15, -0.1) is 0 Å². The Morgan fingerprint density at radius 2 is 2.09 bits per heavy atom. The summed E-state index contributed by atoms with van der Waals surface area (Å²) in [6.45, 7) is 0. The van der Waals surface area contributed by atoms with Gasteiger partial charge >= 0.3 is 5.88 Å². The quantitative estimate of drug-likeness (QED) is 0.688. The van der Waals surface area contributed by atoms with Crippen LogP contribution in [0.2, 0.25) is 0 Å². The normalized spacial score (nSPS) is 15.8. The highest BCUT2D eigenvalue weighted by atomic mass is 16.6. The van der Waals surface area contributed by atoms with Crippen molar-refractivity contribution in [3.05, 3.63) is 34.0 Å². The second-order valence-corrected chi connectivity index (χ2v) is 5.42. The zero-order chi connectivity index (χ0) is 15.7. The number of hydrogen-bond donors (Lipinski definition) is 1. The summed E-state index contributed by atoms with van der Waals surface area (Å²) in [6.07, 6.45) is 7.06. The van der Waals surface area contributed by atoms with Crippen LogP contribution in [0.4, 0.5) is 5.88 Å². The van der Waals surface area contributed by atoms with E-state index in [1.54, 1.807) is 10.9 Å². The molecule has 1 fully saturated rings. The standard InChI is InChI=1S/C14H16N4O4/c15-14(19)10-8-17(9-4-2-1-3-5-9)16-13(10)11-6-7-12(22-11)18(20)21/h6-9H,1-5H2,(H2,15,19). The first kappa shape index (κ1) is 14.3. The first-order valence-corrected chi connectivity index (χ1v) is 7.20. The Balaban J connectivity index is 1.99. The fourth-order valence-corrected chi connectivity index (χ4v) is 2.84. The van der Waals surface area contributed by atoms with Gasteiger partial charge in [-0.3, -0.25) is 19.6 Å². The third-order valence-corrected chi connectivity index (χ3v) is 3.95. The number of carbonyl (C=O) groups is 1. The molecule has 1 saturated carbocycles. The van der Waals surface area contributed by atoms with Crippen molar-refractivity contribution in [3.63, 3.8) is 0 Å². The summed E-state index contributed by atoms with van der Waals surface area (Å²) in [5.74, 6) is -0.844. The minimum atomic E-state index is -0.633. The molecule has 22 heavy (non-hydrogen) atoms. The second-order valence-electron chi connectivity index (χ2n) is 5.42. The van der Waals surface area contributed by atoms with Crippen molar-refractivity contribution >= 4 is 11.8 Å². The number of nitro groups is 1. The predicted octanol–water partition coefficient (Wildman–Crippen LogP) is 2.66. The van der Waals surface area contributed by atoms with Gasteiger partial charge in [-0.25, -0.2) is 0 Å². The maximum Gasteiger partial charge on any atom is 0.433 e. The fourth-order valence-electron chi connectivity index (χ4n) is 2.84. The summed E-state index contributed by atoms with van der Waals surface area (Å²) in [6, 6.07) is 2.89. The van der Waals surface area contributed by atoms with E-state index in [2.05, 4.69) is 5.10 Å². The summed E-state index contributed by atoms with van der Waals surface area (Å²) in [4.78, 5) is 21.7. The predicted molar refractivity (Wildman–Crippen MR) is 77.2 cm³/mol. The Morgan fingerprint density at radius 1 is 1.36 bits per heavy atom. The van der Waals surface area contributed by atoms with Gasteiger partial charge < -0.3 is 10.2 Å². The monoisotopic (exact) mass is 304 g/mol. The number of rotatable bonds is 4. The van der Waals surface area contributed by atoms with Gasteiger partial charge in [-0.2, -0.15) is 5.10 Å². The van der Waals surface area contributed by atoms with Gasteiger partial charge in [0.05, 0.1) is 17.7 Å². The molecule has 116 valence electrons. The Morgan fingerprint density at radius 3 is 2.68 bits per heavy atom. The average molecular weight is 304 g/mol. The van der Waals surface area contributed by atoms with Crippen molar-refractivity contribution in [2.45, 2.75) is 38.1 Å². The Labute approximate surface area is 126 Å². The van der Waals surface area contributed by atoms with Gasteiger partial charge in [0.2, 0.25) is 0 Å². The van der Waals surface area contributed by atoms with Crippen LogP contribution in [-0.2, 0) is 0 Å². The lowest BCUT2D eigenvalue weighted by atomic mass is 9.96. The highest BCUT2D eigenvalue weighted by molar-refractivity contribution is 5.98. The molecule has 1 amide bonds. The van der Waals surface area contributed by atoms with Gasteiger partial charge in [0, 0.05) is 6.20 Å². The molecule has 0 unspecified atom stereocenters. The molecule has 0 spiro atoms. The molecule has 2 aromatic heterocycles. The molecule has 3 rings (SSSR count). The molecule has 2 heterocycles. The number of hydrogen-bond acceptors (Lipinski definition) is 5. The van der Waals surface area contributed by atoms with Gasteiger partial charge in [0.1, 0.15) is 10.6 Å². The van der Waals surface area contributed by atoms with E-state index in [0.717, 1.165) is 25.7 Å². The molecule has 8 heteroatoms. The number of nitrogens with zero attached hydrogens (tertiary/aromatic N) is 3. The molecule has 1 aliphatic rings. The topological polar surface area (TPSA) is 117 Å². The lowest BCUT2D eigenvalue weighted by Gasteiger charge is -2.21. The number of nitrogens with two attached hydrogens (primary N) is 1. The molecule has 0 aliphatic heterocycles. The molecule has 0 radical (unpaired) electrons. The fraction of sp³-hybridized carbons (Fsp3) is 0.429. The van der Waals surface area contributed by atoms with E-state index < -0.39 is 16.7 Å². The van der Waals surface area contributed by atoms with E-state index in [0.29, 0.717) is 0 Å². The van der Waals surface area contributed by atoms with Gasteiger partial charge in [-0.1, -0.05) is 19.3 Å². The van der Waals surface area contributed by atoms with Crippen molar-refractivity contribution < 1.29 is 14.1 Å². The summed E-state index contributed by atoms with van der Waals surface area (Å²) in [7, 11) is 0. The van der Waals surface area contributed by atoms with Crippen molar-refractivity contribution in [3.8, 4) is 11.5 Å². The lowest BCUT2D eigenvalue weighted by molar-refractivity contribution is -0.401. The van der Waals surface area contributed by atoms with Crippen LogP contribution in [0.15, 0.2) is 22.7 Å². The Kier molecular flexibility index (Phi) is 3.66. The largest absolute Gasteiger partial charge is 0.433 e. The van der Waals surface area contributed by atoms with Crippen LogP contribution in [0.1, 0.15) is 48.5 Å². The molecular weight excluding hydrogens is 288 g/mol. The smallest absolute Gasteiger partial charge is 0.399 e. The van der Waals surface area contributed by atoms with E-state index in [1.165, 1.54) is 18.6 Å².